The third-order valence-corrected chi connectivity index (χ3v) is 5.90. The molecule has 2 aromatic carbocycles. The van der Waals surface area contributed by atoms with E-state index < -0.39 is 0 Å². The molecule has 0 unspecified atom stereocenters. The molecular formula is C23H19BrClN3O3. The van der Waals surface area contributed by atoms with Crippen molar-refractivity contribution in [3.05, 3.63) is 86.2 Å². The molecule has 1 aliphatic rings. The molecule has 4 rings (SSSR count). The largest absolute Gasteiger partial charge is 0.455 e. The number of carbonyl (C=O) groups is 2. The van der Waals surface area contributed by atoms with Crippen LogP contribution in [0, 0.1) is 6.92 Å². The summed E-state index contributed by atoms with van der Waals surface area (Å²) in [5, 5.41) is 7.54. The summed E-state index contributed by atoms with van der Waals surface area (Å²) in [6.07, 6.45) is 2.19. The number of rotatable bonds is 4. The molecule has 3 aromatic rings. The molecule has 1 aliphatic carbocycles. The molecule has 1 aromatic heterocycles. The van der Waals surface area contributed by atoms with Crippen LogP contribution in [-0.4, -0.2) is 17.5 Å². The monoisotopic (exact) mass is 499 g/mol. The van der Waals surface area contributed by atoms with Crippen molar-refractivity contribution in [1.82, 2.24) is 5.43 Å². The van der Waals surface area contributed by atoms with Gasteiger partial charge < -0.3 is 9.73 Å². The summed E-state index contributed by atoms with van der Waals surface area (Å²) in [5.41, 5.74) is 5.77. The molecule has 0 aliphatic heterocycles. The number of aryl methyl sites for hydroxylation is 1. The van der Waals surface area contributed by atoms with E-state index in [1.165, 1.54) is 0 Å². The molecule has 158 valence electrons. The molecule has 0 saturated heterocycles. The Morgan fingerprint density at radius 3 is 2.55 bits per heavy atom. The number of nitrogens with zero attached hydrogens (tertiary/aromatic N) is 1. The molecule has 6 nitrogen and oxygen atoms in total. The first-order valence-corrected chi connectivity index (χ1v) is 10.9. The number of halogens is 2. The molecule has 1 heterocycles. The number of fused-ring (bicyclic) bond motifs is 1. The molecular weight excluding hydrogens is 482 g/mol. The molecule has 31 heavy (non-hydrogen) atoms. The van der Waals surface area contributed by atoms with Crippen LogP contribution in [0.2, 0.25) is 5.02 Å². The van der Waals surface area contributed by atoms with Gasteiger partial charge in [-0.15, -0.1) is 0 Å². The van der Waals surface area contributed by atoms with E-state index in [-0.39, 0.29) is 17.6 Å². The van der Waals surface area contributed by atoms with Crippen LogP contribution >= 0.6 is 27.5 Å². The van der Waals surface area contributed by atoms with E-state index in [0.717, 1.165) is 16.5 Å². The average molecular weight is 501 g/mol. The lowest BCUT2D eigenvalue weighted by molar-refractivity contribution is 0.0953. The highest BCUT2D eigenvalue weighted by Crippen LogP contribution is 2.30. The Morgan fingerprint density at radius 1 is 1.06 bits per heavy atom. The van der Waals surface area contributed by atoms with Crippen LogP contribution in [0.1, 0.15) is 50.6 Å². The molecule has 0 spiro atoms. The van der Waals surface area contributed by atoms with Crippen molar-refractivity contribution >= 4 is 50.7 Å². The summed E-state index contributed by atoms with van der Waals surface area (Å²) in [6.45, 7) is 1.83. The van der Waals surface area contributed by atoms with Crippen LogP contribution in [-0.2, 0) is 6.42 Å². The van der Waals surface area contributed by atoms with Crippen LogP contribution in [0.4, 0.5) is 5.69 Å². The maximum atomic E-state index is 12.8. The Morgan fingerprint density at radius 2 is 1.81 bits per heavy atom. The summed E-state index contributed by atoms with van der Waals surface area (Å²) in [4.78, 5) is 25.2. The number of hydrazone groups is 1. The minimum absolute atomic E-state index is 0.250. The Hall–Kier alpha value is -2.90. The molecule has 2 N–H and O–H groups in total. The van der Waals surface area contributed by atoms with Gasteiger partial charge in [0.25, 0.3) is 11.8 Å². The van der Waals surface area contributed by atoms with E-state index in [0.29, 0.717) is 46.2 Å². The SMILES string of the molecule is Cc1c(C(=O)Nc2ccc(Br)cc2)oc2c1/C(=N/NC(=O)c1ccccc1Cl)CCC2. The maximum absolute atomic E-state index is 12.8. The van der Waals surface area contributed by atoms with Gasteiger partial charge in [-0.25, -0.2) is 5.43 Å². The second-order valence-electron chi connectivity index (χ2n) is 7.15. The highest BCUT2D eigenvalue weighted by molar-refractivity contribution is 9.10. The van der Waals surface area contributed by atoms with Crippen molar-refractivity contribution in [2.45, 2.75) is 26.2 Å². The summed E-state index contributed by atoms with van der Waals surface area (Å²) in [7, 11) is 0. The number of amides is 2. The van der Waals surface area contributed by atoms with Gasteiger partial charge in [0.2, 0.25) is 0 Å². The van der Waals surface area contributed by atoms with Gasteiger partial charge in [-0.05, 0) is 56.2 Å². The van der Waals surface area contributed by atoms with Crippen LogP contribution < -0.4 is 10.7 Å². The van der Waals surface area contributed by atoms with E-state index in [2.05, 4.69) is 31.8 Å². The zero-order chi connectivity index (χ0) is 22.0. The fourth-order valence-electron chi connectivity index (χ4n) is 3.54. The highest BCUT2D eigenvalue weighted by atomic mass is 79.9. The average Bonchev–Trinajstić information content (AvgIpc) is 3.11. The smallest absolute Gasteiger partial charge is 0.291 e. The summed E-state index contributed by atoms with van der Waals surface area (Å²) in [6, 6.07) is 14.1. The minimum atomic E-state index is -0.389. The minimum Gasteiger partial charge on any atom is -0.455 e. The zero-order valence-corrected chi connectivity index (χ0v) is 19.0. The van der Waals surface area contributed by atoms with E-state index in [9.17, 15) is 9.59 Å². The highest BCUT2D eigenvalue weighted by Gasteiger charge is 2.28. The Balaban J connectivity index is 1.57. The molecule has 0 bridgehead atoms. The van der Waals surface area contributed by atoms with Crippen LogP contribution in [0.25, 0.3) is 0 Å². The Bertz CT molecular complexity index is 1190. The van der Waals surface area contributed by atoms with Gasteiger partial charge in [0, 0.05) is 27.7 Å². The van der Waals surface area contributed by atoms with Crippen LogP contribution in [0.5, 0.6) is 0 Å². The van der Waals surface area contributed by atoms with Crippen molar-refractivity contribution in [2.75, 3.05) is 5.32 Å². The first-order valence-electron chi connectivity index (χ1n) is 9.75. The quantitative estimate of drug-likeness (QED) is 0.449. The fraction of sp³-hybridized carbons (Fsp3) is 0.174. The number of furan rings is 1. The lowest BCUT2D eigenvalue weighted by atomic mass is 9.93. The van der Waals surface area contributed by atoms with Crippen molar-refractivity contribution in [1.29, 1.82) is 0 Å². The zero-order valence-electron chi connectivity index (χ0n) is 16.7. The third-order valence-electron chi connectivity index (χ3n) is 5.04. The van der Waals surface area contributed by atoms with Gasteiger partial charge in [-0.2, -0.15) is 5.10 Å². The predicted octanol–water partition coefficient (Wildman–Crippen LogP) is 5.73. The molecule has 0 saturated carbocycles. The number of carbonyl (C=O) groups excluding carboxylic acids is 2. The molecule has 0 radical (unpaired) electrons. The van der Waals surface area contributed by atoms with E-state index in [1.807, 2.05) is 19.1 Å². The number of hydrogen-bond donors (Lipinski definition) is 2. The van der Waals surface area contributed by atoms with Crippen LogP contribution in [0.3, 0.4) is 0 Å². The second-order valence-corrected chi connectivity index (χ2v) is 8.47. The summed E-state index contributed by atoms with van der Waals surface area (Å²) < 4.78 is 6.83. The molecule has 2 amide bonds. The first-order chi connectivity index (χ1) is 14.9. The van der Waals surface area contributed by atoms with Gasteiger partial charge >= 0.3 is 0 Å². The maximum Gasteiger partial charge on any atom is 0.291 e. The first kappa shape index (κ1) is 21.3. The van der Waals surface area contributed by atoms with Crippen molar-refractivity contribution in [2.24, 2.45) is 5.10 Å². The standard InChI is InChI=1S/C23H19BrClN3O3/c1-13-20-18(27-28-22(29)16-5-2-3-6-17(16)25)7-4-8-19(20)31-21(13)23(30)26-15-11-9-14(24)10-12-15/h2-3,5-6,9-12H,4,7-8H2,1H3,(H,26,30)(H,28,29)/b27-18+. The Labute approximate surface area is 192 Å². The Kier molecular flexibility index (Phi) is 6.25. The summed E-state index contributed by atoms with van der Waals surface area (Å²) >= 11 is 9.46. The normalized spacial score (nSPS) is 14.2. The van der Waals surface area contributed by atoms with E-state index in [4.69, 9.17) is 16.0 Å². The molecule has 0 atom stereocenters. The second kappa shape index (κ2) is 9.08. The predicted molar refractivity (Wildman–Crippen MR) is 124 cm³/mol. The number of hydrogen-bond acceptors (Lipinski definition) is 4. The van der Waals surface area contributed by atoms with Gasteiger partial charge in [-0.1, -0.05) is 39.7 Å². The van der Waals surface area contributed by atoms with Crippen molar-refractivity contribution in [3.8, 4) is 0 Å². The number of nitrogens with one attached hydrogen (secondary N) is 2. The lowest BCUT2D eigenvalue weighted by Gasteiger charge is -2.13. The van der Waals surface area contributed by atoms with Crippen molar-refractivity contribution in [3.63, 3.8) is 0 Å². The lowest BCUT2D eigenvalue weighted by Crippen LogP contribution is -2.22. The third kappa shape index (κ3) is 4.57. The van der Waals surface area contributed by atoms with E-state index in [1.54, 1.807) is 36.4 Å². The van der Waals surface area contributed by atoms with E-state index >= 15 is 0 Å². The van der Waals surface area contributed by atoms with Crippen LogP contribution in [0.15, 0.2) is 62.5 Å². The fourth-order valence-corrected chi connectivity index (χ4v) is 4.03. The van der Waals surface area contributed by atoms with Gasteiger partial charge in [-0.3, -0.25) is 9.59 Å². The van der Waals surface area contributed by atoms with Gasteiger partial charge in [0.15, 0.2) is 5.76 Å². The number of anilines is 1. The van der Waals surface area contributed by atoms with Gasteiger partial charge in [0.1, 0.15) is 5.76 Å². The van der Waals surface area contributed by atoms with Crippen molar-refractivity contribution < 1.29 is 14.0 Å². The molecule has 8 heteroatoms. The summed E-state index contributed by atoms with van der Waals surface area (Å²) in [5.74, 6) is 0.239. The number of benzene rings is 2. The van der Waals surface area contributed by atoms with Gasteiger partial charge in [0.05, 0.1) is 16.3 Å². The molecule has 0 fully saturated rings. The topological polar surface area (TPSA) is 83.7 Å².